The molecule has 0 spiro atoms. The third-order valence-electron chi connectivity index (χ3n) is 6.79. The zero-order chi connectivity index (χ0) is 23.2. The predicted molar refractivity (Wildman–Crippen MR) is 150 cm³/mol. The molecule has 34 heavy (non-hydrogen) atoms. The van der Waals surface area contributed by atoms with E-state index in [2.05, 4.69) is 124 Å². The average molecular weight is 455 g/mol. The normalized spacial score (nSPS) is 11.4. The van der Waals surface area contributed by atoms with Crippen LogP contribution in [0.2, 0.25) is 0 Å². The van der Waals surface area contributed by atoms with E-state index in [0.29, 0.717) is 0 Å². The first-order chi connectivity index (χ1) is 16.6. The van der Waals surface area contributed by atoms with Gasteiger partial charge in [-0.15, -0.1) is 11.3 Å². The molecule has 0 fully saturated rings. The lowest BCUT2D eigenvalue weighted by Crippen LogP contribution is -1.90. The quantitative estimate of drug-likeness (QED) is 0.249. The van der Waals surface area contributed by atoms with Crippen molar-refractivity contribution in [2.45, 2.75) is 20.8 Å². The van der Waals surface area contributed by atoms with Crippen LogP contribution in [0, 0.1) is 20.8 Å². The van der Waals surface area contributed by atoms with Gasteiger partial charge in [-0.2, -0.15) is 0 Å². The van der Waals surface area contributed by atoms with Crippen molar-refractivity contribution in [2.75, 3.05) is 0 Å². The molecule has 0 amide bonds. The standard InChI is InChI=1S/C33H26S/c1-21-16-26(24-13-12-23(3)30(19-24)28-9-5-4-8-22(28)2)18-27(17-21)25-14-15-33-31(20-25)29-10-6-7-11-32(29)34-33/h4-20H,1-3H3. The van der Waals surface area contributed by atoms with Crippen LogP contribution in [0.4, 0.5) is 0 Å². The predicted octanol–water partition coefficient (Wildman–Crippen LogP) is 9.98. The van der Waals surface area contributed by atoms with Gasteiger partial charge in [0.25, 0.3) is 0 Å². The summed E-state index contributed by atoms with van der Waals surface area (Å²) in [5.74, 6) is 0. The molecular formula is C33H26S. The summed E-state index contributed by atoms with van der Waals surface area (Å²) in [5.41, 5.74) is 11.6. The summed E-state index contributed by atoms with van der Waals surface area (Å²) >= 11 is 1.87. The Bertz CT molecular complexity index is 1680. The highest BCUT2D eigenvalue weighted by atomic mass is 32.1. The largest absolute Gasteiger partial charge is 0.135 e. The monoisotopic (exact) mass is 454 g/mol. The third kappa shape index (κ3) is 3.63. The first kappa shape index (κ1) is 20.9. The van der Waals surface area contributed by atoms with Crippen LogP contribution in [0.1, 0.15) is 16.7 Å². The van der Waals surface area contributed by atoms with E-state index in [4.69, 9.17) is 0 Å². The second kappa shape index (κ2) is 8.27. The zero-order valence-electron chi connectivity index (χ0n) is 19.7. The Morgan fingerprint density at radius 1 is 0.441 bits per heavy atom. The SMILES string of the molecule is Cc1cc(-c2ccc(C)c(-c3ccccc3C)c2)cc(-c2ccc3sc4ccccc4c3c2)c1. The molecule has 1 heterocycles. The zero-order valence-corrected chi connectivity index (χ0v) is 20.5. The summed E-state index contributed by atoms with van der Waals surface area (Å²) in [6.45, 7) is 6.59. The van der Waals surface area contributed by atoms with E-state index in [1.165, 1.54) is 70.2 Å². The molecule has 0 nitrogen and oxygen atoms in total. The molecule has 5 aromatic carbocycles. The van der Waals surface area contributed by atoms with Gasteiger partial charge >= 0.3 is 0 Å². The van der Waals surface area contributed by atoms with Gasteiger partial charge in [0.15, 0.2) is 0 Å². The molecule has 0 aliphatic heterocycles. The molecular weight excluding hydrogens is 428 g/mol. The van der Waals surface area contributed by atoms with E-state index in [0.717, 1.165) is 0 Å². The topological polar surface area (TPSA) is 0 Å². The van der Waals surface area contributed by atoms with Gasteiger partial charge < -0.3 is 0 Å². The van der Waals surface area contributed by atoms with Crippen LogP contribution < -0.4 is 0 Å². The summed E-state index contributed by atoms with van der Waals surface area (Å²) in [7, 11) is 0. The molecule has 0 aliphatic rings. The fourth-order valence-electron chi connectivity index (χ4n) is 4.99. The van der Waals surface area contributed by atoms with Crippen LogP contribution in [0.5, 0.6) is 0 Å². The summed E-state index contributed by atoms with van der Waals surface area (Å²) in [6.07, 6.45) is 0. The molecule has 0 saturated carbocycles. The van der Waals surface area contributed by atoms with Gasteiger partial charge in [0.05, 0.1) is 0 Å². The summed E-state index contributed by atoms with van der Waals surface area (Å²) in [4.78, 5) is 0. The van der Waals surface area contributed by atoms with Crippen LogP contribution in [0.25, 0.3) is 53.6 Å². The second-order valence-corrected chi connectivity index (χ2v) is 10.3. The lowest BCUT2D eigenvalue weighted by Gasteiger charge is -2.13. The average Bonchev–Trinajstić information content (AvgIpc) is 3.22. The molecule has 0 bridgehead atoms. The Balaban J connectivity index is 1.48. The minimum atomic E-state index is 1.26. The Morgan fingerprint density at radius 3 is 1.91 bits per heavy atom. The Hall–Kier alpha value is -3.68. The summed E-state index contributed by atoms with van der Waals surface area (Å²) < 4.78 is 2.70. The molecule has 0 unspecified atom stereocenters. The molecule has 6 aromatic rings. The number of hydrogen-bond donors (Lipinski definition) is 0. The Kier molecular flexibility index (Phi) is 5.08. The molecule has 164 valence electrons. The van der Waals surface area contributed by atoms with Gasteiger partial charge in [0.2, 0.25) is 0 Å². The molecule has 0 atom stereocenters. The lowest BCUT2D eigenvalue weighted by atomic mass is 9.91. The highest BCUT2D eigenvalue weighted by Crippen LogP contribution is 2.38. The van der Waals surface area contributed by atoms with E-state index < -0.39 is 0 Å². The van der Waals surface area contributed by atoms with Crippen molar-refractivity contribution < 1.29 is 0 Å². The van der Waals surface area contributed by atoms with E-state index in [9.17, 15) is 0 Å². The minimum Gasteiger partial charge on any atom is -0.135 e. The van der Waals surface area contributed by atoms with Crippen molar-refractivity contribution in [3.63, 3.8) is 0 Å². The Labute approximate surface area is 205 Å². The van der Waals surface area contributed by atoms with E-state index in [1.54, 1.807) is 0 Å². The Morgan fingerprint density at radius 2 is 1.09 bits per heavy atom. The number of thiophene rings is 1. The van der Waals surface area contributed by atoms with Gasteiger partial charge in [-0.25, -0.2) is 0 Å². The van der Waals surface area contributed by atoms with Gasteiger partial charge in [0.1, 0.15) is 0 Å². The number of hydrogen-bond acceptors (Lipinski definition) is 1. The van der Waals surface area contributed by atoms with Gasteiger partial charge in [-0.05, 0) is 101 Å². The van der Waals surface area contributed by atoms with Crippen molar-refractivity contribution in [1.82, 2.24) is 0 Å². The molecule has 6 rings (SSSR count). The fourth-order valence-corrected chi connectivity index (χ4v) is 6.08. The van der Waals surface area contributed by atoms with E-state index in [-0.39, 0.29) is 0 Å². The van der Waals surface area contributed by atoms with Crippen LogP contribution in [-0.4, -0.2) is 0 Å². The van der Waals surface area contributed by atoms with Crippen LogP contribution in [0.15, 0.2) is 103 Å². The highest BCUT2D eigenvalue weighted by Gasteiger charge is 2.11. The van der Waals surface area contributed by atoms with Gasteiger partial charge in [0, 0.05) is 20.2 Å². The van der Waals surface area contributed by atoms with E-state index in [1.807, 2.05) is 11.3 Å². The van der Waals surface area contributed by atoms with Crippen LogP contribution >= 0.6 is 11.3 Å². The fraction of sp³-hybridized carbons (Fsp3) is 0.0909. The van der Waals surface area contributed by atoms with Gasteiger partial charge in [-0.3, -0.25) is 0 Å². The summed E-state index contributed by atoms with van der Waals surface area (Å²) in [5, 5.41) is 2.69. The van der Waals surface area contributed by atoms with Crippen molar-refractivity contribution in [2.24, 2.45) is 0 Å². The van der Waals surface area contributed by atoms with E-state index >= 15 is 0 Å². The minimum absolute atomic E-state index is 1.26. The maximum absolute atomic E-state index is 2.36. The highest BCUT2D eigenvalue weighted by molar-refractivity contribution is 7.25. The summed E-state index contributed by atoms with van der Waals surface area (Å²) in [6, 6.07) is 38.1. The maximum atomic E-state index is 2.36. The molecule has 0 aliphatic carbocycles. The second-order valence-electron chi connectivity index (χ2n) is 9.24. The molecule has 0 radical (unpaired) electrons. The lowest BCUT2D eigenvalue weighted by molar-refractivity contribution is 1.40. The van der Waals surface area contributed by atoms with Crippen molar-refractivity contribution >= 4 is 31.5 Å². The first-order valence-electron chi connectivity index (χ1n) is 11.8. The molecule has 0 saturated heterocycles. The van der Waals surface area contributed by atoms with Crippen molar-refractivity contribution in [3.05, 3.63) is 120 Å². The van der Waals surface area contributed by atoms with Gasteiger partial charge in [-0.1, -0.05) is 72.8 Å². The molecule has 1 aromatic heterocycles. The smallest absolute Gasteiger partial charge is 0.0355 e. The maximum Gasteiger partial charge on any atom is 0.0355 e. The number of rotatable bonds is 3. The first-order valence-corrected chi connectivity index (χ1v) is 12.6. The van der Waals surface area contributed by atoms with Crippen molar-refractivity contribution in [3.8, 4) is 33.4 Å². The van der Waals surface area contributed by atoms with Crippen LogP contribution in [0.3, 0.4) is 0 Å². The number of fused-ring (bicyclic) bond motifs is 3. The molecule has 0 N–H and O–H groups in total. The molecule has 1 heteroatoms. The number of benzene rings is 5. The van der Waals surface area contributed by atoms with Crippen LogP contribution in [-0.2, 0) is 0 Å². The van der Waals surface area contributed by atoms with Crippen molar-refractivity contribution in [1.29, 1.82) is 0 Å². The number of aryl methyl sites for hydroxylation is 3. The third-order valence-corrected chi connectivity index (χ3v) is 7.95.